The maximum Gasteiger partial charge on any atom is 0.296 e. The fraction of sp³-hybridized carbons (Fsp3) is 0.346. The van der Waals surface area contributed by atoms with Crippen LogP contribution in [0.15, 0.2) is 42.7 Å². The summed E-state index contributed by atoms with van der Waals surface area (Å²) >= 11 is 0. The number of benzene rings is 1. The standard InChI is InChI=1S/C26H27F2N7O3/c1-34(2)25(36)18-6-8-22(33-24(18)37-4)32-23-12-19(30-15-31-23)16-5-7-20(17(11-16)13-29)38-21-9-10-35(3)14-26(21,27)28/h5-8,11-12,15,21H,9-10,14H2,1-4H3,(H,30,31,32,33). The van der Waals surface area contributed by atoms with Crippen LogP contribution in [0.4, 0.5) is 20.4 Å². The van der Waals surface area contributed by atoms with Crippen molar-refractivity contribution < 1.29 is 23.0 Å². The summed E-state index contributed by atoms with van der Waals surface area (Å²) in [6.45, 7) is 0.0795. The lowest BCUT2D eigenvalue weighted by Crippen LogP contribution is -2.52. The molecule has 1 aliphatic rings. The zero-order valence-electron chi connectivity index (χ0n) is 21.4. The first-order valence-corrected chi connectivity index (χ1v) is 11.7. The molecule has 0 saturated carbocycles. The minimum absolute atomic E-state index is 0.0986. The average Bonchev–Trinajstić information content (AvgIpc) is 2.89. The second kappa shape index (κ2) is 10.9. The third-order valence-corrected chi connectivity index (χ3v) is 6.00. The second-order valence-electron chi connectivity index (χ2n) is 9.08. The Bertz CT molecular complexity index is 1380. The number of nitrogens with one attached hydrogen (secondary N) is 1. The number of nitriles is 1. The van der Waals surface area contributed by atoms with Gasteiger partial charge in [0, 0.05) is 38.7 Å². The highest BCUT2D eigenvalue weighted by molar-refractivity contribution is 5.96. The maximum atomic E-state index is 14.4. The lowest BCUT2D eigenvalue weighted by Gasteiger charge is -2.36. The monoisotopic (exact) mass is 523 g/mol. The molecule has 3 aromatic rings. The van der Waals surface area contributed by atoms with Gasteiger partial charge in [-0.25, -0.2) is 18.7 Å². The molecule has 198 valence electrons. The van der Waals surface area contributed by atoms with Gasteiger partial charge in [0.1, 0.15) is 35.3 Å². The van der Waals surface area contributed by atoms with Gasteiger partial charge in [-0.15, -0.1) is 0 Å². The van der Waals surface area contributed by atoms with Gasteiger partial charge in [-0.05, 0) is 37.4 Å². The number of anilines is 2. The van der Waals surface area contributed by atoms with Crippen molar-refractivity contribution in [2.24, 2.45) is 0 Å². The Balaban J connectivity index is 1.55. The predicted octanol–water partition coefficient (Wildman–Crippen LogP) is 3.58. The number of likely N-dealkylation sites (tertiary alicyclic amines) is 1. The molecule has 38 heavy (non-hydrogen) atoms. The molecule has 10 nitrogen and oxygen atoms in total. The van der Waals surface area contributed by atoms with Crippen LogP contribution in [0.3, 0.4) is 0 Å². The molecule has 4 rings (SSSR count). The molecule has 1 unspecified atom stereocenters. The van der Waals surface area contributed by atoms with Crippen LogP contribution in [0.2, 0.25) is 0 Å². The number of aromatic nitrogens is 3. The number of amides is 1. The van der Waals surface area contributed by atoms with E-state index in [0.29, 0.717) is 35.0 Å². The van der Waals surface area contributed by atoms with E-state index in [1.165, 1.54) is 30.5 Å². The maximum absolute atomic E-state index is 14.4. The molecule has 12 heteroatoms. The summed E-state index contributed by atoms with van der Waals surface area (Å²) in [5, 5.41) is 12.7. The van der Waals surface area contributed by atoms with E-state index in [4.69, 9.17) is 9.47 Å². The largest absolute Gasteiger partial charge is 0.483 e. The summed E-state index contributed by atoms with van der Waals surface area (Å²) in [4.78, 5) is 28.1. The fourth-order valence-electron chi connectivity index (χ4n) is 4.05. The van der Waals surface area contributed by atoms with E-state index >= 15 is 0 Å². The van der Waals surface area contributed by atoms with E-state index in [2.05, 4.69) is 20.3 Å². The summed E-state index contributed by atoms with van der Waals surface area (Å²) < 4.78 is 39.8. The number of pyridine rings is 1. The van der Waals surface area contributed by atoms with Gasteiger partial charge in [-0.3, -0.25) is 4.79 Å². The number of piperidine rings is 1. The molecule has 1 aromatic carbocycles. The average molecular weight is 524 g/mol. The van der Waals surface area contributed by atoms with Gasteiger partial charge < -0.3 is 24.6 Å². The highest BCUT2D eigenvalue weighted by atomic mass is 19.3. The highest BCUT2D eigenvalue weighted by Crippen LogP contribution is 2.33. The molecular weight excluding hydrogens is 496 g/mol. The quantitative estimate of drug-likeness (QED) is 0.496. The number of alkyl halides is 2. The van der Waals surface area contributed by atoms with Crippen molar-refractivity contribution in [2.45, 2.75) is 18.4 Å². The van der Waals surface area contributed by atoms with Crippen molar-refractivity contribution in [3.8, 4) is 29.0 Å². The van der Waals surface area contributed by atoms with Crippen molar-refractivity contribution in [3.05, 3.63) is 53.9 Å². The van der Waals surface area contributed by atoms with E-state index < -0.39 is 18.6 Å². The van der Waals surface area contributed by atoms with Crippen LogP contribution in [0.1, 0.15) is 22.3 Å². The van der Waals surface area contributed by atoms with Crippen LogP contribution in [-0.4, -0.2) is 84.0 Å². The molecule has 1 N–H and O–H groups in total. The van der Waals surface area contributed by atoms with Crippen molar-refractivity contribution >= 4 is 17.5 Å². The summed E-state index contributed by atoms with van der Waals surface area (Å²) in [7, 11) is 6.33. The fourth-order valence-corrected chi connectivity index (χ4v) is 4.05. The van der Waals surface area contributed by atoms with Gasteiger partial charge in [0.15, 0.2) is 6.10 Å². The normalized spacial score (nSPS) is 16.8. The first kappa shape index (κ1) is 26.7. The number of carbonyl (C=O) groups is 1. The van der Waals surface area contributed by atoms with Gasteiger partial charge in [-0.2, -0.15) is 10.2 Å². The molecule has 0 spiro atoms. The summed E-state index contributed by atoms with van der Waals surface area (Å²) in [6.07, 6.45) is 0.185. The Hall–Kier alpha value is -4.37. The van der Waals surface area contributed by atoms with E-state index in [-0.39, 0.29) is 29.5 Å². The van der Waals surface area contributed by atoms with Crippen LogP contribution in [0, 0.1) is 11.3 Å². The van der Waals surface area contributed by atoms with E-state index in [1.807, 2.05) is 6.07 Å². The number of hydrogen-bond acceptors (Lipinski definition) is 9. The molecule has 1 amide bonds. The van der Waals surface area contributed by atoms with Crippen molar-refractivity contribution in [1.29, 1.82) is 5.26 Å². The lowest BCUT2D eigenvalue weighted by atomic mass is 10.0. The lowest BCUT2D eigenvalue weighted by molar-refractivity contribution is -0.135. The molecule has 0 radical (unpaired) electrons. The van der Waals surface area contributed by atoms with Crippen LogP contribution >= 0.6 is 0 Å². The van der Waals surface area contributed by atoms with E-state index in [9.17, 15) is 18.8 Å². The number of nitrogens with zero attached hydrogens (tertiary/aromatic N) is 6. The summed E-state index contributed by atoms with van der Waals surface area (Å²) in [5.41, 5.74) is 1.50. The Kier molecular flexibility index (Phi) is 7.68. The first-order valence-electron chi connectivity index (χ1n) is 11.7. The number of rotatable bonds is 7. The van der Waals surface area contributed by atoms with Gasteiger partial charge in [-0.1, -0.05) is 0 Å². The van der Waals surface area contributed by atoms with Crippen molar-refractivity contribution in [1.82, 2.24) is 24.8 Å². The van der Waals surface area contributed by atoms with Crippen LogP contribution in [0.5, 0.6) is 11.6 Å². The number of methoxy groups -OCH3 is 1. The highest BCUT2D eigenvalue weighted by Gasteiger charge is 2.45. The molecule has 2 aromatic heterocycles. The van der Waals surface area contributed by atoms with Gasteiger partial charge in [0.25, 0.3) is 11.8 Å². The first-order chi connectivity index (χ1) is 18.1. The van der Waals surface area contributed by atoms with Gasteiger partial charge in [0.05, 0.1) is 24.9 Å². The zero-order chi connectivity index (χ0) is 27.4. The minimum Gasteiger partial charge on any atom is -0.483 e. The predicted molar refractivity (Wildman–Crippen MR) is 136 cm³/mol. The second-order valence-corrected chi connectivity index (χ2v) is 9.08. The van der Waals surface area contributed by atoms with Crippen molar-refractivity contribution in [3.63, 3.8) is 0 Å². The summed E-state index contributed by atoms with van der Waals surface area (Å²) in [5.74, 6) is -2.22. The van der Waals surface area contributed by atoms with Gasteiger partial charge >= 0.3 is 0 Å². The van der Waals surface area contributed by atoms with Crippen LogP contribution in [0.25, 0.3) is 11.3 Å². The summed E-state index contributed by atoms with van der Waals surface area (Å²) in [6, 6.07) is 11.6. The Morgan fingerprint density at radius 1 is 1.21 bits per heavy atom. The number of hydrogen-bond donors (Lipinski definition) is 1. The number of halogens is 2. The molecule has 3 heterocycles. The SMILES string of the molecule is COc1nc(Nc2cc(-c3ccc(OC4CCN(C)CC4(F)F)c(C#N)c3)ncn2)ccc1C(=O)N(C)C. The molecular formula is C26H27F2N7O3. The Labute approximate surface area is 218 Å². The topological polar surface area (TPSA) is 116 Å². The van der Waals surface area contributed by atoms with E-state index in [0.717, 1.165) is 0 Å². The van der Waals surface area contributed by atoms with Crippen molar-refractivity contribution in [2.75, 3.05) is 46.7 Å². The molecule has 1 aliphatic heterocycles. The third-order valence-electron chi connectivity index (χ3n) is 6.00. The molecule has 1 fully saturated rings. The van der Waals surface area contributed by atoms with E-state index in [1.54, 1.807) is 50.3 Å². The Morgan fingerprint density at radius 3 is 2.68 bits per heavy atom. The van der Waals surface area contributed by atoms with Gasteiger partial charge in [0.2, 0.25) is 5.88 Å². The number of ether oxygens (including phenoxy) is 2. The molecule has 0 aliphatic carbocycles. The minimum atomic E-state index is -3.03. The third kappa shape index (κ3) is 5.78. The molecule has 1 atom stereocenters. The zero-order valence-corrected chi connectivity index (χ0v) is 21.4. The molecule has 1 saturated heterocycles. The molecule has 0 bridgehead atoms. The van der Waals surface area contributed by atoms with Crippen LogP contribution < -0.4 is 14.8 Å². The van der Waals surface area contributed by atoms with Crippen LogP contribution in [-0.2, 0) is 0 Å². The number of carbonyl (C=O) groups excluding carboxylic acids is 1. The Morgan fingerprint density at radius 2 is 2.00 bits per heavy atom. The smallest absolute Gasteiger partial charge is 0.296 e.